The zero-order valence-corrected chi connectivity index (χ0v) is 9.55. The fraction of sp³-hybridized carbons (Fsp3) is 0.750. The summed E-state index contributed by atoms with van der Waals surface area (Å²) in [6.45, 7) is 4.99. The maximum Gasteiger partial charge on any atom is 0.237 e. The Morgan fingerprint density at radius 1 is 1.73 bits per heavy atom. The van der Waals surface area contributed by atoms with Gasteiger partial charge in [0.15, 0.2) is 0 Å². The summed E-state index contributed by atoms with van der Waals surface area (Å²) < 4.78 is 0. The van der Waals surface area contributed by atoms with Crippen LogP contribution >= 0.6 is 0 Å². The molecule has 1 heterocycles. The van der Waals surface area contributed by atoms with Crippen LogP contribution in [-0.2, 0) is 4.79 Å². The summed E-state index contributed by atoms with van der Waals surface area (Å²) in [5.74, 6) is 3.05. The fourth-order valence-electron chi connectivity index (χ4n) is 1.96. The van der Waals surface area contributed by atoms with Crippen molar-refractivity contribution in [1.29, 1.82) is 0 Å². The predicted molar refractivity (Wildman–Crippen MR) is 61.2 cm³/mol. The summed E-state index contributed by atoms with van der Waals surface area (Å²) in [5, 5.41) is 6.19. The first-order chi connectivity index (χ1) is 7.15. The van der Waals surface area contributed by atoms with E-state index in [1.807, 2.05) is 6.92 Å². The predicted octanol–water partition coefficient (Wildman–Crippen LogP) is 0.902. The number of terminal acetylenes is 1. The molecule has 3 unspecified atom stereocenters. The molecule has 0 aliphatic carbocycles. The van der Waals surface area contributed by atoms with Crippen molar-refractivity contribution >= 4 is 5.91 Å². The molecule has 0 aromatic heterocycles. The van der Waals surface area contributed by atoms with Crippen molar-refractivity contribution in [3.05, 3.63) is 0 Å². The molecule has 0 radical (unpaired) electrons. The molecule has 0 saturated carbocycles. The van der Waals surface area contributed by atoms with Crippen molar-refractivity contribution in [2.24, 2.45) is 5.92 Å². The van der Waals surface area contributed by atoms with E-state index in [0.29, 0.717) is 12.3 Å². The van der Waals surface area contributed by atoms with E-state index in [1.165, 1.54) is 0 Å². The van der Waals surface area contributed by atoms with E-state index in [4.69, 9.17) is 6.42 Å². The Bertz CT molecular complexity index is 257. The molecule has 1 saturated heterocycles. The second kappa shape index (κ2) is 5.77. The normalized spacial score (nSPS) is 27.8. The maximum absolute atomic E-state index is 11.9. The summed E-state index contributed by atoms with van der Waals surface area (Å²) in [4.78, 5) is 11.9. The van der Waals surface area contributed by atoms with Gasteiger partial charge in [-0.05, 0) is 32.2 Å². The average molecular weight is 208 g/mol. The quantitative estimate of drug-likeness (QED) is 0.677. The van der Waals surface area contributed by atoms with Gasteiger partial charge in [0, 0.05) is 12.5 Å². The third kappa shape index (κ3) is 3.56. The fourth-order valence-corrected chi connectivity index (χ4v) is 1.96. The Hall–Kier alpha value is -1.01. The maximum atomic E-state index is 11.9. The Balaban J connectivity index is 2.42. The van der Waals surface area contributed by atoms with Crippen molar-refractivity contribution in [3.63, 3.8) is 0 Å². The van der Waals surface area contributed by atoms with Crippen LogP contribution in [0.2, 0.25) is 0 Å². The minimum atomic E-state index is -0.0426. The smallest absolute Gasteiger partial charge is 0.237 e. The van der Waals surface area contributed by atoms with E-state index < -0.39 is 0 Å². The van der Waals surface area contributed by atoms with Gasteiger partial charge < -0.3 is 10.6 Å². The Kier molecular flexibility index (Phi) is 4.64. The molecule has 0 spiro atoms. The van der Waals surface area contributed by atoms with Crippen LogP contribution in [0.1, 0.15) is 33.1 Å². The number of carbonyl (C=O) groups is 1. The van der Waals surface area contributed by atoms with Crippen molar-refractivity contribution in [2.75, 3.05) is 6.54 Å². The van der Waals surface area contributed by atoms with E-state index in [-0.39, 0.29) is 18.0 Å². The molecule has 0 bridgehead atoms. The van der Waals surface area contributed by atoms with Gasteiger partial charge in [0.05, 0.1) is 6.04 Å². The molecule has 15 heavy (non-hydrogen) atoms. The van der Waals surface area contributed by atoms with E-state index in [2.05, 4.69) is 23.5 Å². The van der Waals surface area contributed by atoms with Crippen LogP contribution in [0.15, 0.2) is 0 Å². The number of amides is 1. The van der Waals surface area contributed by atoms with E-state index in [0.717, 1.165) is 19.4 Å². The minimum Gasteiger partial charge on any atom is -0.351 e. The van der Waals surface area contributed by atoms with Gasteiger partial charge in [-0.1, -0.05) is 6.92 Å². The summed E-state index contributed by atoms with van der Waals surface area (Å²) in [6.07, 6.45) is 8.06. The zero-order chi connectivity index (χ0) is 11.3. The van der Waals surface area contributed by atoms with E-state index >= 15 is 0 Å². The van der Waals surface area contributed by atoms with Crippen LogP contribution in [0.3, 0.4) is 0 Å². The summed E-state index contributed by atoms with van der Waals surface area (Å²) in [6, 6.07) is 0.0254. The summed E-state index contributed by atoms with van der Waals surface area (Å²) in [7, 11) is 0. The SMILES string of the molecule is C#CCC(C)NC(=O)C1NCCCC1C. The third-order valence-corrected chi connectivity index (χ3v) is 2.86. The van der Waals surface area contributed by atoms with E-state index in [1.54, 1.807) is 0 Å². The molecule has 84 valence electrons. The molecule has 1 aliphatic rings. The lowest BCUT2D eigenvalue weighted by Crippen LogP contribution is -2.52. The van der Waals surface area contributed by atoms with Crippen molar-refractivity contribution in [3.8, 4) is 12.3 Å². The molecule has 1 fully saturated rings. The van der Waals surface area contributed by atoms with E-state index in [9.17, 15) is 4.79 Å². The number of hydrogen-bond acceptors (Lipinski definition) is 2. The lowest BCUT2D eigenvalue weighted by molar-refractivity contribution is -0.125. The standard InChI is InChI=1S/C12H20N2O/c1-4-6-10(3)14-12(15)11-9(2)7-5-8-13-11/h1,9-11,13H,5-8H2,2-3H3,(H,14,15). The largest absolute Gasteiger partial charge is 0.351 e. The minimum absolute atomic E-state index is 0.0426. The topological polar surface area (TPSA) is 41.1 Å². The summed E-state index contributed by atoms with van der Waals surface area (Å²) in [5.41, 5.74) is 0. The van der Waals surface area contributed by atoms with Crippen molar-refractivity contribution < 1.29 is 4.79 Å². The highest BCUT2D eigenvalue weighted by Crippen LogP contribution is 2.15. The van der Waals surface area contributed by atoms with Gasteiger partial charge in [-0.15, -0.1) is 12.3 Å². The van der Waals surface area contributed by atoms with Crippen LogP contribution in [0, 0.1) is 18.3 Å². The van der Waals surface area contributed by atoms with Gasteiger partial charge in [-0.25, -0.2) is 0 Å². The average Bonchev–Trinajstić information content (AvgIpc) is 2.18. The lowest BCUT2D eigenvalue weighted by atomic mass is 9.92. The highest BCUT2D eigenvalue weighted by molar-refractivity contribution is 5.82. The van der Waals surface area contributed by atoms with Crippen LogP contribution in [0.25, 0.3) is 0 Å². The second-order valence-corrected chi connectivity index (χ2v) is 4.37. The molecule has 1 amide bonds. The molecule has 2 N–H and O–H groups in total. The lowest BCUT2D eigenvalue weighted by Gasteiger charge is -2.29. The molecule has 0 aromatic carbocycles. The zero-order valence-electron chi connectivity index (χ0n) is 9.55. The first-order valence-corrected chi connectivity index (χ1v) is 5.62. The van der Waals surface area contributed by atoms with Crippen molar-refractivity contribution in [1.82, 2.24) is 10.6 Å². The second-order valence-electron chi connectivity index (χ2n) is 4.37. The first-order valence-electron chi connectivity index (χ1n) is 5.62. The van der Waals surface area contributed by atoms with Crippen LogP contribution in [0.4, 0.5) is 0 Å². The molecule has 3 heteroatoms. The molecule has 1 aliphatic heterocycles. The Labute approximate surface area is 92.0 Å². The summed E-state index contributed by atoms with van der Waals surface area (Å²) >= 11 is 0. The molecular formula is C12H20N2O. The molecule has 3 atom stereocenters. The molecule has 1 rings (SSSR count). The molecule has 0 aromatic rings. The number of piperidine rings is 1. The van der Waals surface area contributed by atoms with Crippen LogP contribution < -0.4 is 10.6 Å². The van der Waals surface area contributed by atoms with Crippen LogP contribution in [-0.4, -0.2) is 24.5 Å². The highest BCUT2D eigenvalue weighted by atomic mass is 16.2. The number of rotatable bonds is 3. The number of carbonyl (C=O) groups excluding carboxylic acids is 1. The number of nitrogens with one attached hydrogen (secondary N) is 2. The number of hydrogen-bond donors (Lipinski definition) is 2. The Morgan fingerprint density at radius 3 is 3.07 bits per heavy atom. The monoisotopic (exact) mass is 208 g/mol. The van der Waals surface area contributed by atoms with Gasteiger partial charge in [0.1, 0.15) is 0 Å². The van der Waals surface area contributed by atoms with Gasteiger partial charge in [-0.2, -0.15) is 0 Å². The van der Waals surface area contributed by atoms with Gasteiger partial charge in [0.2, 0.25) is 5.91 Å². The first kappa shape index (κ1) is 12.1. The molecular weight excluding hydrogens is 188 g/mol. The third-order valence-electron chi connectivity index (χ3n) is 2.86. The van der Waals surface area contributed by atoms with Gasteiger partial charge >= 0.3 is 0 Å². The van der Waals surface area contributed by atoms with Gasteiger partial charge in [-0.3, -0.25) is 4.79 Å². The Morgan fingerprint density at radius 2 is 2.47 bits per heavy atom. The van der Waals surface area contributed by atoms with Crippen molar-refractivity contribution in [2.45, 2.75) is 45.2 Å². The van der Waals surface area contributed by atoms with Gasteiger partial charge in [0.25, 0.3) is 0 Å². The molecule has 3 nitrogen and oxygen atoms in total. The van der Waals surface area contributed by atoms with Crippen LogP contribution in [0.5, 0.6) is 0 Å². The highest BCUT2D eigenvalue weighted by Gasteiger charge is 2.27.